The molecule has 0 saturated heterocycles. The molecule has 9 heteroatoms. The molecule has 33 heavy (non-hydrogen) atoms. The number of carbonyl (C=O) groups is 1. The Hall–Kier alpha value is -3.85. The minimum absolute atomic E-state index is 0.157. The maximum absolute atomic E-state index is 14.0. The van der Waals surface area contributed by atoms with Gasteiger partial charge in [0, 0.05) is 6.20 Å². The summed E-state index contributed by atoms with van der Waals surface area (Å²) in [4.78, 5) is 17.4. The monoisotopic (exact) mass is 455 g/mol. The molecule has 2 aromatic heterocycles. The number of aromatic nitrogens is 2. The second-order valence-electron chi connectivity index (χ2n) is 7.34. The third-order valence-electron chi connectivity index (χ3n) is 5.20. The number of benzene rings is 2. The summed E-state index contributed by atoms with van der Waals surface area (Å²) < 4.78 is 48.4. The number of aliphatic hydroxyl groups excluding tert-OH is 1. The normalized spacial score (nSPS) is 12.0. The number of rotatable bonds is 7. The van der Waals surface area contributed by atoms with Crippen LogP contribution in [0.4, 0.5) is 13.2 Å². The molecule has 0 spiro atoms. The molecular formula is C24H20F3N3O3. The average molecular weight is 455 g/mol. The molecule has 2 heterocycles. The van der Waals surface area contributed by atoms with Crippen LogP contribution in [-0.4, -0.2) is 27.0 Å². The van der Waals surface area contributed by atoms with Gasteiger partial charge in [0.1, 0.15) is 18.1 Å². The molecule has 0 radical (unpaired) electrons. The molecule has 4 aromatic rings. The molecule has 0 fully saturated rings. The molecule has 0 aliphatic rings. The first-order chi connectivity index (χ1) is 15.9. The van der Waals surface area contributed by atoms with Crippen LogP contribution in [0.2, 0.25) is 0 Å². The van der Waals surface area contributed by atoms with Crippen molar-refractivity contribution in [1.29, 1.82) is 0 Å². The summed E-state index contributed by atoms with van der Waals surface area (Å²) in [7, 11) is 0. The lowest BCUT2D eigenvalue weighted by Gasteiger charge is -2.17. The number of nitrogens with zero attached hydrogens (tertiary/aromatic N) is 2. The summed E-state index contributed by atoms with van der Waals surface area (Å²) in [5.74, 6) is -3.75. The van der Waals surface area contributed by atoms with Gasteiger partial charge in [-0.2, -0.15) is 0 Å². The third kappa shape index (κ3) is 4.40. The smallest absolute Gasteiger partial charge is 0.270 e. The van der Waals surface area contributed by atoms with E-state index in [0.29, 0.717) is 11.8 Å². The number of carbonyl (C=O) groups excluding carboxylic acids is 1. The van der Waals surface area contributed by atoms with Crippen molar-refractivity contribution in [1.82, 2.24) is 14.7 Å². The molecule has 0 aliphatic heterocycles. The fourth-order valence-corrected chi connectivity index (χ4v) is 3.54. The van der Waals surface area contributed by atoms with Crippen molar-refractivity contribution in [2.45, 2.75) is 19.6 Å². The number of hydrogen-bond donors (Lipinski definition) is 2. The van der Waals surface area contributed by atoms with E-state index in [4.69, 9.17) is 4.74 Å². The largest absolute Gasteiger partial charge is 0.485 e. The fourth-order valence-electron chi connectivity index (χ4n) is 3.54. The molecular weight excluding hydrogens is 435 g/mol. The number of fused-ring (bicyclic) bond motifs is 1. The zero-order valence-electron chi connectivity index (χ0n) is 17.6. The molecule has 0 bridgehead atoms. The summed E-state index contributed by atoms with van der Waals surface area (Å²) in [5, 5.41) is 12.5. The Labute approximate surface area is 187 Å². The van der Waals surface area contributed by atoms with Crippen LogP contribution in [0.5, 0.6) is 5.75 Å². The van der Waals surface area contributed by atoms with Gasteiger partial charge < -0.3 is 15.2 Å². The maximum Gasteiger partial charge on any atom is 0.270 e. The van der Waals surface area contributed by atoms with E-state index < -0.39 is 41.6 Å². The van der Waals surface area contributed by atoms with Crippen molar-refractivity contribution < 1.29 is 27.8 Å². The summed E-state index contributed by atoms with van der Waals surface area (Å²) >= 11 is 0. The Morgan fingerprint density at radius 3 is 2.55 bits per heavy atom. The van der Waals surface area contributed by atoms with Gasteiger partial charge in [-0.1, -0.05) is 30.3 Å². The first kappa shape index (κ1) is 22.3. The molecule has 1 amide bonds. The van der Waals surface area contributed by atoms with Gasteiger partial charge >= 0.3 is 0 Å². The van der Waals surface area contributed by atoms with E-state index >= 15 is 0 Å². The van der Waals surface area contributed by atoms with Crippen molar-refractivity contribution >= 4 is 11.6 Å². The van der Waals surface area contributed by atoms with Gasteiger partial charge in [-0.25, -0.2) is 18.2 Å². The molecule has 0 unspecified atom stereocenters. The van der Waals surface area contributed by atoms with Gasteiger partial charge in [-0.3, -0.25) is 9.20 Å². The van der Waals surface area contributed by atoms with Crippen LogP contribution < -0.4 is 10.1 Å². The molecule has 2 aromatic carbocycles. The predicted molar refractivity (Wildman–Crippen MR) is 114 cm³/mol. The number of nitrogens with one attached hydrogen (secondary N) is 1. The van der Waals surface area contributed by atoms with Crippen molar-refractivity contribution in [3.05, 3.63) is 101 Å². The molecule has 2 N–H and O–H groups in total. The van der Waals surface area contributed by atoms with Gasteiger partial charge in [-0.15, -0.1) is 0 Å². The highest BCUT2D eigenvalue weighted by Crippen LogP contribution is 2.25. The lowest BCUT2D eigenvalue weighted by Crippen LogP contribution is -2.32. The molecule has 0 aliphatic carbocycles. The topological polar surface area (TPSA) is 75.9 Å². The number of pyridine rings is 1. The summed E-state index contributed by atoms with van der Waals surface area (Å²) in [6, 6.07) is 13.0. The van der Waals surface area contributed by atoms with Gasteiger partial charge in [0.15, 0.2) is 23.0 Å². The fraction of sp³-hybridized carbons (Fsp3) is 0.167. The van der Waals surface area contributed by atoms with E-state index in [2.05, 4.69) is 10.3 Å². The van der Waals surface area contributed by atoms with Crippen LogP contribution in [0.3, 0.4) is 0 Å². The standard InChI is InChI=1S/C24H20F3N3O3/c1-14-22(24(32)29-19(12-31)15-6-3-2-4-7-15)30-11-5-8-20(23(30)28-14)33-13-16-17(25)9-10-18(26)21(16)27/h2-11,19,31H,12-13H2,1H3,(H,29,32)/t19-/m0/s1. The summed E-state index contributed by atoms with van der Waals surface area (Å²) in [6.45, 7) is 0.766. The van der Waals surface area contributed by atoms with Gasteiger partial charge in [0.25, 0.3) is 5.91 Å². The van der Waals surface area contributed by atoms with E-state index in [1.165, 1.54) is 10.5 Å². The highest BCUT2D eigenvalue weighted by atomic mass is 19.2. The van der Waals surface area contributed by atoms with Crippen molar-refractivity contribution in [2.24, 2.45) is 0 Å². The van der Waals surface area contributed by atoms with E-state index in [1.807, 2.05) is 6.07 Å². The third-order valence-corrected chi connectivity index (χ3v) is 5.20. The van der Waals surface area contributed by atoms with E-state index in [9.17, 15) is 23.1 Å². The number of aliphatic hydroxyl groups is 1. The van der Waals surface area contributed by atoms with Crippen LogP contribution in [0.1, 0.15) is 33.4 Å². The predicted octanol–water partition coefficient (Wildman–Crippen LogP) is 4.10. The lowest BCUT2D eigenvalue weighted by molar-refractivity contribution is 0.0909. The first-order valence-electron chi connectivity index (χ1n) is 10.1. The highest BCUT2D eigenvalue weighted by Gasteiger charge is 2.22. The number of hydrogen-bond acceptors (Lipinski definition) is 4. The van der Waals surface area contributed by atoms with Crippen LogP contribution >= 0.6 is 0 Å². The molecule has 0 saturated carbocycles. The Bertz CT molecular complexity index is 1310. The van der Waals surface area contributed by atoms with E-state index in [-0.39, 0.29) is 23.7 Å². The minimum Gasteiger partial charge on any atom is -0.485 e. The van der Waals surface area contributed by atoms with Crippen LogP contribution in [0.25, 0.3) is 5.65 Å². The maximum atomic E-state index is 14.0. The summed E-state index contributed by atoms with van der Waals surface area (Å²) in [6.07, 6.45) is 1.59. The SMILES string of the molecule is Cc1nc2c(OCc3c(F)ccc(F)c3F)cccn2c1C(=O)N[C@@H](CO)c1ccccc1. The van der Waals surface area contributed by atoms with Crippen LogP contribution in [0.15, 0.2) is 60.8 Å². The highest BCUT2D eigenvalue weighted by molar-refractivity contribution is 5.95. The Balaban J connectivity index is 1.62. The number of halogens is 3. The zero-order chi connectivity index (χ0) is 23.5. The minimum atomic E-state index is -1.32. The first-order valence-corrected chi connectivity index (χ1v) is 10.1. The average Bonchev–Trinajstić information content (AvgIpc) is 3.17. The Morgan fingerprint density at radius 1 is 1.09 bits per heavy atom. The molecule has 4 rings (SSSR count). The quantitative estimate of drug-likeness (QED) is 0.412. The zero-order valence-corrected chi connectivity index (χ0v) is 17.6. The molecule has 170 valence electrons. The van der Waals surface area contributed by atoms with Gasteiger partial charge in [0.2, 0.25) is 0 Å². The van der Waals surface area contributed by atoms with Gasteiger partial charge in [0.05, 0.1) is 23.9 Å². The summed E-state index contributed by atoms with van der Waals surface area (Å²) in [5.41, 5.74) is 1.04. The van der Waals surface area contributed by atoms with E-state index in [1.54, 1.807) is 43.5 Å². The second kappa shape index (κ2) is 9.33. The number of ether oxygens (including phenoxy) is 1. The number of aryl methyl sites for hydroxylation is 1. The Kier molecular flexibility index (Phi) is 6.32. The van der Waals surface area contributed by atoms with Crippen molar-refractivity contribution in [2.75, 3.05) is 6.61 Å². The van der Waals surface area contributed by atoms with Crippen LogP contribution in [-0.2, 0) is 6.61 Å². The lowest BCUT2D eigenvalue weighted by atomic mass is 10.1. The molecule has 1 atom stereocenters. The molecule has 6 nitrogen and oxygen atoms in total. The Morgan fingerprint density at radius 2 is 1.82 bits per heavy atom. The number of imidazole rings is 1. The van der Waals surface area contributed by atoms with Gasteiger partial charge in [-0.05, 0) is 36.8 Å². The van der Waals surface area contributed by atoms with Crippen molar-refractivity contribution in [3.8, 4) is 5.75 Å². The van der Waals surface area contributed by atoms with E-state index in [0.717, 1.165) is 11.6 Å². The number of amides is 1. The second-order valence-corrected chi connectivity index (χ2v) is 7.34. The van der Waals surface area contributed by atoms with Crippen molar-refractivity contribution in [3.63, 3.8) is 0 Å². The van der Waals surface area contributed by atoms with Crippen LogP contribution in [0, 0.1) is 24.4 Å².